The summed E-state index contributed by atoms with van der Waals surface area (Å²) < 4.78 is 16.0. The van der Waals surface area contributed by atoms with Gasteiger partial charge in [-0.2, -0.15) is 0 Å². The molecule has 2 aromatic rings. The predicted molar refractivity (Wildman–Crippen MR) is 116 cm³/mol. The van der Waals surface area contributed by atoms with Gasteiger partial charge in [-0.3, -0.25) is 19.5 Å². The molecular formula is C20H22BCl2N3O5. The molecule has 0 N–H and O–H groups in total. The summed E-state index contributed by atoms with van der Waals surface area (Å²) >= 11 is 12.1. The second-order valence-corrected chi connectivity index (χ2v) is 7.94. The van der Waals surface area contributed by atoms with E-state index in [1.54, 1.807) is 42.3 Å². The average molecular weight is 466 g/mol. The summed E-state index contributed by atoms with van der Waals surface area (Å²) in [5.41, 5.74) is 1.46. The van der Waals surface area contributed by atoms with Crippen LogP contribution in [0.15, 0.2) is 30.3 Å². The Morgan fingerprint density at radius 2 is 1.81 bits per heavy atom. The Hall–Kier alpha value is -2.36. The molecule has 3 rings (SSSR count). The Morgan fingerprint density at radius 1 is 1.06 bits per heavy atom. The first-order valence-corrected chi connectivity index (χ1v) is 10.6. The minimum Gasteiger partial charge on any atom is -0.498 e. The number of carbonyl (C=O) groups is 2. The van der Waals surface area contributed by atoms with Crippen LogP contribution in [0.1, 0.15) is 24.2 Å². The Morgan fingerprint density at radius 3 is 2.52 bits per heavy atom. The second-order valence-electron chi connectivity index (χ2n) is 7.15. The number of ether oxygens (including phenoxy) is 1. The molecule has 1 aliphatic heterocycles. The van der Waals surface area contributed by atoms with Crippen molar-refractivity contribution in [3.05, 3.63) is 51.9 Å². The summed E-state index contributed by atoms with van der Waals surface area (Å²) in [7, 11) is 0.798. The summed E-state index contributed by atoms with van der Waals surface area (Å²) in [5.74, 6) is -0.404. The van der Waals surface area contributed by atoms with Crippen LogP contribution < -0.4 is 4.74 Å². The monoisotopic (exact) mass is 465 g/mol. The van der Waals surface area contributed by atoms with Crippen LogP contribution in [0.5, 0.6) is 5.88 Å². The minimum atomic E-state index is -0.859. The zero-order valence-corrected chi connectivity index (χ0v) is 18.6. The van der Waals surface area contributed by atoms with E-state index < -0.39 is 19.1 Å². The molecule has 0 radical (unpaired) electrons. The van der Waals surface area contributed by atoms with Crippen LogP contribution in [-0.4, -0.2) is 54.1 Å². The lowest BCUT2D eigenvalue weighted by atomic mass is 9.81. The van der Waals surface area contributed by atoms with Crippen molar-refractivity contribution in [3.8, 4) is 5.88 Å². The van der Waals surface area contributed by atoms with Crippen LogP contribution in [0.4, 0.5) is 0 Å². The molecule has 2 aromatic heterocycles. The number of nitrogens with zero attached hydrogens (tertiary/aromatic N) is 3. The highest BCUT2D eigenvalue weighted by molar-refractivity contribution is 6.49. The molecule has 0 saturated carbocycles. The molecule has 1 saturated heterocycles. The highest BCUT2D eigenvalue weighted by Gasteiger charge is 2.30. The van der Waals surface area contributed by atoms with Crippen molar-refractivity contribution in [1.29, 1.82) is 0 Å². The van der Waals surface area contributed by atoms with Crippen molar-refractivity contribution in [2.24, 2.45) is 0 Å². The molecule has 0 bridgehead atoms. The molecule has 31 heavy (non-hydrogen) atoms. The molecular weight excluding hydrogens is 444 g/mol. The van der Waals surface area contributed by atoms with Crippen LogP contribution in [-0.2, 0) is 31.9 Å². The van der Waals surface area contributed by atoms with Crippen molar-refractivity contribution in [2.75, 3.05) is 20.1 Å². The zero-order chi connectivity index (χ0) is 22.2. The van der Waals surface area contributed by atoms with Crippen molar-refractivity contribution in [1.82, 2.24) is 14.9 Å². The van der Waals surface area contributed by atoms with Gasteiger partial charge in [0, 0.05) is 12.4 Å². The molecule has 0 spiro atoms. The second kappa shape index (κ2) is 11.3. The smallest absolute Gasteiger partial charge is 0.498 e. The van der Waals surface area contributed by atoms with Gasteiger partial charge in [-0.25, -0.2) is 4.98 Å². The van der Waals surface area contributed by atoms with Gasteiger partial charge in [0.15, 0.2) is 0 Å². The highest BCUT2D eigenvalue weighted by atomic mass is 35.5. The summed E-state index contributed by atoms with van der Waals surface area (Å²) in [6.45, 7) is 0.356. The molecule has 11 heteroatoms. The molecule has 0 atom stereocenters. The summed E-state index contributed by atoms with van der Waals surface area (Å²) in [5, 5.41) is 0.923. The van der Waals surface area contributed by atoms with Crippen LogP contribution in [0.2, 0.25) is 16.5 Å². The van der Waals surface area contributed by atoms with E-state index in [0.717, 1.165) is 12.1 Å². The minimum absolute atomic E-state index is 0.0602. The molecule has 0 amide bonds. The first-order chi connectivity index (χ1) is 14.9. The fraction of sp³-hybridized carbons (Fsp3) is 0.400. The van der Waals surface area contributed by atoms with Gasteiger partial charge < -0.3 is 14.0 Å². The zero-order valence-electron chi connectivity index (χ0n) is 17.1. The fourth-order valence-electron chi connectivity index (χ4n) is 3.01. The topological polar surface area (TPSA) is 90.9 Å². The van der Waals surface area contributed by atoms with E-state index >= 15 is 0 Å². The van der Waals surface area contributed by atoms with Crippen molar-refractivity contribution in [3.63, 3.8) is 0 Å². The van der Waals surface area contributed by atoms with Gasteiger partial charge in [0.25, 0.3) is 0 Å². The lowest BCUT2D eigenvalue weighted by Crippen LogP contribution is -2.42. The molecule has 8 nitrogen and oxygen atoms in total. The average Bonchev–Trinajstić information content (AvgIpc) is 2.70. The number of halogens is 2. The van der Waals surface area contributed by atoms with Gasteiger partial charge >= 0.3 is 19.1 Å². The summed E-state index contributed by atoms with van der Waals surface area (Å²) in [6.07, 6.45) is 2.45. The van der Waals surface area contributed by atoms with Crippen LogP contribution in [0, 0.1) is 0 Å². The lowest BCUT2D eigenvalue weighted by Gasteiger charge is -2.22. The Labute approximate surface area is 190 Å². The third-order valence-electron chi connectivity index (χ3n) is 4.46. The van der Waals surface area contributed by atoms with E-state index in [4.69, 9.17) is 37.2 Å². The maximum Gasteiger partial charge on any atom is 0.598 e. The van der Waals surface area contributed by atoms with Crippen molar-refractivity contribution < 1.29 is 23.6 Å². The molecule has 164 valence electrons. The van der Waals surface area contributed by atoms with E-state index in [2.05, 4.69) is 9.97 Å². The molecule has 1 aliphatic rings. The van der Waals surface area contributed by atoms with E-state index in [1.165, 1.54) is 0 Å². The largest absolute Gasteiger partial charge is 0.598 e. The number of carbonyl (C=O) groups excluding carboxylic acids is 2. The Bertz CT molecular complexity index is 913. The normalized spacial score (nSPS) is 15.1. The van der Waals surface area contributed by atoms with Gasteiger partial charge in [-0.15, -0.1) is 0 Å². The van der Waals surface area contributed by atoms with Crippen LogP contribution in [0.25, 0.3) is 0 Å². The summed E-state index contributed by atoms with van der Waals surface area (Å²) in [6, 6.07) is 8.72. The third-order valence-corrected chi connectivity index (χ3v) is 5.02. The maximum absolute atomic E-state index is 11.8. The van der Waals surface area contributed by atoms with Gasteiger partial charge in [0.05, 0.1) is 29.5 Å². The number of aryl methyl sites for hydroxylation is 1. The standard InChI is InChI=1S/C20H22BCl2N3O5/c1-26-11-19(27)30-21(31-20(28)12-26)10-3-2-5-16-15(22)9-8-14(24-16)13-29-18-7-4-6-17(23)25-18/h4,6-9H,2-3,5,10-13H2,1H3. The van der Waals surface area contributed by atoms with Gasteiger partial charge in [0.2, 0.25) is 5.88 Å². The quantitative estimate of drug-likeness (QED) is 0.333. The van der Waals surface area contributed by atoms with Gasteiger partial charge in [-0.1, -0.05) is 35.7 Å². The number of hydrogen-bond donors (Lipinski definition) is 0. The van der Waals surface area contributed by atoms with Crippen molar-refractivity contribution in [2.45, 2.75) is 32.2 Å². The van der Waals surface area contributed by atoms with Crippen LogP contribution >= 0.6 is 23.2 Å². The van der Waals surface area contributed by atoms with Crippen molar-refractivity contribution >= 4 is 42.3 Å². The van der Waals surface area contributed by atoms with Gasteiger partial charge in [-0.05, 0) is 38.1 Å². The van der Waals surface area contributed by atoms with E-state index in [1.807, 2.05) is 0 Å². The SMILES string of the molecule is CN1CC(=O)OB(CCCCc2nc(COc3cccc(Cl)n3)ccc2Cl)OC(=O)C1. The molecule has 3 heterocycles. The maximum atomic E-state index is 11.8. The molecule has 0 unspecified atom stereocenters. The number of pyridine rings is 2. The number of likely N-dealkylation sites (N-methyl/N-ethyl adjacent to an activating group) is 1. The van der Waals surface area contributed by atoms with E-state index in [9.17, 15) is 9.59 Å². The number of unbranched alkanes of at least 4 members (excludes halogenated alkanes) is 1. The number of hydrogen-bond acceptors (Lipinski definition) is 8. The van der Waals surface area contributed by atoms with E-state index in [-0.39, 0.29) is 19.7 Å². The first kappa shape index (κ1) is 23.3. The fourth-order valence-corrected chi connectivity index (χ4v) is 3.37. The summed E-state index contributed by atoms with van der Waals surface area (Å²) in [4.78, 5) is 33.7. The lowest BCUT2D eigenvalue weighted by molar-refractivity contribution is -0.145. The molecule has 0 aliphatic carbocycles. The van der Waals surface area contributed by atoms with Crippen LogP contribution in [0.3, 0.4) is 0 Å². The first-order valence-electron chi connectivity index (χ1n) is 9.86. The Kier molecular flexibility index (Phi) is 8.51. The number of aromatic nitrogens is 2. The predicted octanol–water partition coefficient (Wildman–Crippen LogP) is 3.21. The highest BCUT2D eigenvalue weighted by Crippen LogP contribution is 2.19. The Balaban J connectivity index is 1.48. The third kappa shape index (κ3) is 7.68. The number of rotatable bonds is 8. The van der Waals surface area contributed by atoms with Gasteiger partial charge in [0.1, 0.15) is 11.8 Å². The molecule has 0 aromatic carbocycles. The molecule has 1 fully saturated rings. The van der Waals surface area contributed by atoms with E-state index in [0.29, 0.717) is 40.9 Å².